The van der Waals surface area contributed by atoms with E-state index in [9.17, 15) is 4.79 Å². The predicted molar refractivity (Wildman–Crippen MR) is 81.9 cm³/mol. The van der Waals surface area contributed by atoms with Crippen LogP contribution in [0.5, 0.6) is 0 Å². The third kappa shape index (κ3) is 2.85. The second-order valence-electron chi connectivity index (χ2n) is 4.94. The summed E-state index contributed by atoms with van der Waals surface area (Å²) in [7, 11) is 0. The Morgan fingerprint density at radius 2 is 2.05 bits per heavy atom. The zero-order valence-electron chi connectivity index (χ0n) is 12.2. The van der Waals surface area contributed by atoms with Crippen molar-refractivity contribution >= 4 is 11.6 Å². The quantitative estimate of drug-likeness (QED) is 0.878. The lowest BCUT2D eigenvalue weighted by molar-refractivity contribution is 0.100. The van der Waals surface area contributed by atoms with Gasteiger partial charge in [0.15, 0.2) is 0 Å². The van der Waals surface area contributed by atoms with E-state index in [4.69, 9.17) is 5.73 Å². The normalized spacial score (nSPS) is 10.6. The number of amides is 1. The lowest BCUT2D eigenvalue weighted by Crippen LogP contribution is -2.11. The van der Waals surface area contributed by atoms with Crippen LogP contribution in [0, 0.1) is 13.8 Å². The lowest BCUT2D eigenvalue weighted by Gasteiger charge is -2.09. The molecule has 0 aliphatic carbocycles. The van der Waals surface area contributed by atoms with Crippen molar-refractivity contribution in [2.75, 3.05) is 5.32 Å². The van der Waals surface area contributed by atoms with Crippen molar-refractivity contribution in [1.29, 1.82) is 0 Å². The fourth-order valence-electron chi connectivity index (χ4n) is 2.52. The number of aromatic nitrogens is 1. The van der Waals surface area contributed by atoms with Gasteiger partial charge in [-0.3, -0.25) is 4.79 Å². The number of carbonyl (C=O) groups is 1. The van der Waals surface area contributed by atoms with Crippen LogP contribution in [-0.4, -0.2) is 10.5 Å². The molecule has 1 aromatic heterocycles. The smallest absolute Gasteiger partial charge is 0.248 e. The zero-order valence-corrected chi connectivity index (χ0v) is 12.2. The molecule has 0 bridgehead atoms. The maximum Gasteiger partial charge on any atom is 0.248 e. The number of hydrogen-bond donors (Lipinski definition) is 2. The van der Waals surface area contributed by atoms with Crippen molar-refractivity contribution in [2.24, 2.45) is 5.73 Å². The highest BCUT2D eigenvalue weighted by molar-refractivity contribution is 5.93. The molecule has 1 amide bonds. The Hall–Kier alpha value is -2.23. The van der Waals surface area contributed by atoms with Gasteiger partial charge in [-0.15, -0.1) is 0 Å². The maximum atomic E-state index is 11.2. The van der Waals surface area contributed by atoms with Crippen molar-refractivity contribution in [2.45, 2.75) is 33.9 Å². The Balaban J connectivity index is 2.13. The highest BCUT2D eigenvalue weighted by atomic mass is 16.1. The van der Waals surface area contributed by atoms with Gasteiger partial charge in [-0.1, -0.05) is 6.07 Å². The number of aryl methyl sites for hydroxylation is 1. The van der Waals surface area contributed by atoms with Crippen molar-refractivity contribution in [1.82, 2.24) is 4.57 Å². The molecular weight excluding hydrogens is 250 g/mol. The molecule has 0 saturated carbocycles. The molecule has 0 aliphatic heterocycles. The Morgan fingerprint density at radius 1 is 1.30 bits per heavy atom. The van der Waals surface area contributed by atoms with Gasteiger partial charge in [0.05, 0.1) is 0 Å². The van der Waals surface area contributed by atoms with Crippen molar-refractivity contribution in [3.8, 4) is 0 Å². The number of anilines is 1. The van der Waals surface area contributed by atoms with Gasteiger partial charge in [-0.25, -0.2) is 0 Å². The highest BCUT2D eigenvalue weighted by Crippen LogP contribution is 2.17. The molecule has 1 heterocycles. The predicted octanol–water partition coefficient (Wildman–Crippen LogP) is 2.84. The Morgan fingerprint density at radius 3 is 2.65 bits per heavy atom. The number of nitrogens with two attached hydrogens (primary N) is 1. The molecule has 4 nitrogen and oxygen atoms in total. The second-order valence-corrected chi connectivity index (χ2v) is 4.94. The summed E-state index contributed by atoms with van der Waals surface area (Å²) >= 11 is 0. The molecule has 0 unspecified atom stereocenters. The van der Waals surface area contributed by atoms with E-state index in [0.29, 0.717) is 5.56 Å². The van der Waals surface area contributed by atoms with E-state index >= 15 is 0 Å². The molecule has 2 aromatic rings. The van der Waals surface area contributed by atoms with Gasteiger partial charge >= 0.3 is 0 Å². The van der Waals surface area contributed by atoms with Gasteiger partial charge < -0.3 is 15.6 Å². The molecule has 0 fully saturated rings. The maximum absolute atomic E-state index is 11.2. The van der Waals surface area contributed by atoms with Gasteiger partial charge in [-0.05, 0) is 50.6 Å². The standard InChI is InChI=1S/C16H21N3O/c1-4-19-11(2)8-14(12(19)3)10-18-15-7-5-6-13(9-15)16(17)20/h5-9,18H,4,10H2,1-3H3,(H2,17,20). The van der Waals surface area contributed by atoms with E-state index in [0.717, 1.165) is 18.8 Å². The van der Waals surface area contributed by atoms with Gasteiger partial charge in [0.25, 0.3) is 0 Å². The first-order valence-electron chi connectivity index (χ1n) is 6.82. The summed E-state index contributed by atoms with van der Waals surface area (Å²) in [4.78, 5) is 11.2. The van der Waals surface area contributed by atoms with Gasteiger partial charge in [0.2, 0.25) is 5.91 Å². The molecule has 0 spiro atoms. The molecule has 3 N–H and O–H groups in total. The fourth-order valence-corrected chi connectivity index (χ4v) is 2.52. The molecular formula is C16H21N3O. The minimum atomic E-state index is -0.405. The first-order chi connectivity index (χ1) is 9.52. The van der Waals surface area contributed by atoms with Gasteiger partial charge in [-0.2, -0.15) is 0 Å². The molecule has 4 heteroatoms. The van der Waals surface area contributed by atoms with Gasteiger partial charge in [0.1, 0.15) is 0 Å². The molecule has 106 valence electrons. The van der Waals surface area contributed by atoms with Crippen molar-refractivity contribution in [3.63, 3.8) is 0 Å². The summed E-state index contributed by atoms with van der Waals surface area (Å²) in [6.07, 6.45) is 0. The number of benzene rings is 1. The van der Waals surface area contributed by atoms with E-state index in [1.54, 1.807) is 12.1 Å². The van der Waals surface area contributed by atoms with Crippen LogP contribution in [0.2, 0.25) is 0 Å². The summed E-state index contributed by atoms with van der Waals surface area (Å²) in [5.74, 6) is -0.405. The van der Waals surface area contributed by atoms with Gasteiger partial charge in [0, 0.05) is 35.7 Å². The van der Waals surface area contributed by atoms with Crippen LogP contribution < -0.4 is 11.1 Å². The van der Waals surface area contributed by atoms with Crippen LogP contribution in [0.1, 0.15) is 34.2 Å². The number of nitrogens with zero attached hydrogens (tertiary/aromatic N) is 1. The average Bonchev–Trinajstić information content (AvgIpc) is 2.71. The van der Waals surface area contributed by atoms with E-state index in [-0.39, 0.29) is 0 Å². The number of rotatable bonds is 5. The lowest BCUT2D eigenvalue weighted by atomic mass is 10.2. The van der Waals surface area contributed by atoms with E-state index < -0.39 is 5.91 Å². The average molecular weight is 271 g/mol. The molecule has 0 saturated heterocycles. The summed E-state index contributed by atoms with van der Waals surface area (Å²) in [5.41, 5.74) is 10.5. The molecule has 20 heavy (non-hydrogen) atoms. The number of hydrogen-bond acceptors (Lipinski definition) is 2. The van der Waals surface area contributed by atoms with E-state index in [2.05, 4.69) is 36.7 Å². The summed E-state index contributed by atoms with van der Waals surface area (Å²) in [6, 6.07) is 9.46. The van der Waals surface area contributed by atoms with Crippen LogP contribution in [0.4, 0.5) is 5.69 Å². The number of nitrogens with one attached hydrogen (secondary N) is 1. The Labute approximate surface area is 119 Å². The van der Waals surface area contributed by atoms with E-state index in [1.165, 1.54) is 17.0 Å². The first kappa shape index (κ1) is 14.2. The summed E-state index contributed by atoms with van der Waals surface area (Å²) in [5, 5.41) is 3.34. The molecule has 2 rings (SSSR count). The Kier molecular flexibility index (Phi) is 4.13. The van der Waals surface area contributed by atoms with Crippen LogP contribution in [-0.2, 0) is 13.1 Å². The fraction of sp³-hybridized carbons (Fsp3) is 0.312. The van der Waals surface area contributed by atoms with Crippen LogP contribution in [0.3, 0.4) is 0 Å². The van der Waals surface area contributed by atoms with Crippen LogP contribution in [0.15, 0.2) is 30.3 Å². The number of carbonyl (C=O) groups excluding carboxylic acids is 1. The first-order valence-corrected chi connectivity index (χ1v) is 6.82. The number of primary amides is 1. The summed E-state index contributed by atoms with van der Waals surface area (Å²) < 4.78 is 2.29. The third-order valence-electron chi connectivity index (χ3n) is 3.62. The van der Waals surface area contributed by atoms with Crippen LogP contribution in [0.25, 0.3) is 0 Å². The van der Waals surface area contributed by atoms with Crippen molar-refractivity contribution < 1.29 is 4.79 Å². The second kappa shape index (κ2) is 5.82. The summed E-state index contributed by atoms with van der Waals surface area (Å²) in [6.45, 7) is 8.12. The molecule has 1 aromatic carbocycles. The highest BCUT2D eigenvalue weighted by Gasteiger charge is 2.07. The third-order valence-corrected chi connectivity index (χ3v) is 3.62. The largest absolute Gasteiger partial charge is 0.381 e. The van der Waals surface area contributed by atoms with Crippen LogP contribution >= 0.6 is 0 Å². The van der Waals surface area contributed by atoms with Crippen molar-refractivity contribution in [3.05, 3.63) is 52.8 Å². The SMILES string of the molecule is CCn1c(C)cc(CNc2cccc(C(N)=O)c2)c1C. The minimum absolute atomic E-state index is 0.405. The molecule has 0 aliphatic rings. The van der Waals surface area contributed by atoms with E-state index in [1.807, 2.05) is 12.1 Å². The minimum Gasteiger partial charge on any atom is -0.381 e. The Bertz CT molecular complexity index is 629. The molecule has 0 atom stereocenters. The molecule has 0 radical (unpaired) electrons. The monoisotopic (exact) mass is 271 g/mol. The zero-order chi connectivity index (χ0) is 14.7. The topological polar surface area (TPSA) is 60.1 Å².